The molecule has 13 heavy (non-hydrogen) atoms. The second kappa shape index (κ2) is 3.00. The summed E-state index contributed by atoms with van der Waals surface area (Å²) in [5.74, 6) is 2.62. The van der Waals surface area contributed by atoms with Crippen molar-refractivity contribution in [2.75, 3.05) is 17.0 Å². The topological polar surface area (TPSA) is 31.9 Å². The van der Waals surface area contributed by atoms with Crippen LogP contribution in [0.1, 0.15) is 5.56 Å². The first kappa shape index (κ1) is 7.96. The number of aryl methyl sites for hydroxylation is 1. The molecule has 1 aromatic carbocycles. The summed E-state index contributed by atoms with van der Waals surface area (Å²) in [7, 11) is 0. The van der Waals surface area contributed by atoms with E-state index in [1.807, 2.05) is 10.5 Å². The lowest BCUT2D eigenvalue weighted by atomic mass is 10.2. The zero-order valence-corrected chi connectivity index (χ0v) is 7.54. The Morgan fingerprint density at radius 3 is 3.23 bits per heavy atom. The summed E-state index contributed by atoms with van der Waals surface area (Å²) in [4.78, 5) is 0. The number of nitrogen functional groups attached to an aromatic ring is 1. The van der Waals surface area contributed by atoms with Gasteiger partial charge in [-0.2, -0.15) is 5.01 Å². The van der Waals surface area contributed by atoms with Crippen molar-refractivity contribution in [3.05, 3.63) is 23.8 Å². The van der Waals surface area contributed by atoms with Gasteiger partial charge in [0.25, 0.3) is 0 Å². The van der Waals surface area contributed by atoms with Gasteiger partial charge in [0, 0.05) is 0 Å². The predicted molar refractivity (Wildman–Crippen MR) is 52.9 cm³/mol. The van der Waals surface area contributed by atoms with Gasteiger partial charge in [-0.3, -0.25) is 0 Å². The number of hydrogen-bond acceptors (Lipinski definition) is 2. The van der Waals surface area contributed by atoms with Gasteiger partial charge < -0.3 is 0 Å². The molecule has 0 unspecified atom stereocenters. The molecule has 0 atom stereocenters. The molecule has 0 aliphatic carbocycles. The average Bonchev–Trinajstić information content (AvgIpc) is 2.49. The molecule has 1 aliphatic rings. The molecule has 3 N–H and O–H groups in total. The second-order valence-corrected chi connectivity index (χ2v) is 3.13. The standard InChI is InChI=1S/C10H11N3/c1-3-6-13-10-7-8(2)4-5-9(10)11-12-13/h1,4-5,7,11-12H,6H2,2H3/p+1. The zero-order chi connectivity index (χ0) is 9.26. The van der Waals surface area contributed by atoms with Crippen LogP contribution in [0.3, 0.4) is 0 Å². The van der Waals surface area contributed by atoms with Crippen molar-refractivity contribution in [3.63, 3.8) is 0 Å². The van der Waals surface area contributed by atoms with E-state index in [1.165, 1.54) is 5.56 Å². The van der Waals surface area contributed by atoms with E-state index in [2.05, 4.69) is 36.5 Å². The van der Waals surface area contributed by atoms with Gasteiger partial charge in [-0.1, -0.05) is 12.0 Å². The molecule has 0 amide bonds. The van der Waals surface area contributed by atoms with Crippen molar-refractivity contribution >= 4 is 11.4 Å². The van der Waals surface area contributed by atoms with E-state index < -0.39 is 0 Å². The van der Waals surface area contributed by atoms with Gasteiger partial charge >= 0.3 is 0 Å². The van der Waals surface area contributed by atoms with Crippen LogP contribution in [0.2, 0.25) is 0 Å². The highest BCUT2D eigenvalue weighted by Crippen LogP contribution is 2.26. The number of nitrogens with one attached hydrogen (secondary N) is 1. The van der Waals surface area contributed by atoms with Crippen molar-refractivity contribution in [2.24, 2.45) is 0 Å². The second-order valence-electron chi connectivity index (χ2n) is 3.13. The third kappa shape index (κ3) is 1.32. The van der Waals surface area contributed by atoms with Crippen LogP contribution in [0, 0.1) is 19.3 Å². The molecular weight excluding hydrogens is 162 g/mol. The van der Waals surface area contributed by atoms with Crippen LogP contribution in [0.15, 0.2) is 18.2 Å². The van der Waals surface area contributed by atoms with E-state index >= 15 is 0 Å². The number of quaternary nitrogens is 1. The Balaban J connectivity index is 2.36. The largest absolute Gasteiger partial charge is 0.213 e. The van der Waals surface area contributed by atoms with E-state index in [9.17, 15) is 0 Å². The van der Waals surface area contributed by atoms with Crippen LogP contribution in [-0.2, 0) is 0 Å². The van der Waals surface area contributed by atoms with Crippen LogP contribution in [0.25, 0.3) is 0 Å². The van der Waals surface area contributed by atoms with Crippen LogP contribution in [0.4, 0.5) is 11.4 Å². The quantitative estimate of drug-likeness (QED) is 0.472. The molecule has 0 aromatic heterocycles. The monoisotopic (exact) mass is 174 g/mol. The molecule has 0 spiro atoms. The number of nitrogens with two attached hydrogens (primary N) is 1. The lowest BCUT2D eigenvalue weighted by Gasteiger charge is -2.09. The van der Waals surface area contributed by atoms with Gasteiger partial charge in [-0.05, 0) is 24.6 Å². The number of fused-ring (bicyclic) bond motifs is 1. The van der Waals surface area contributed by atoms with Crippen molar-refractivity contribution in [1.29, 1.82) is 0 Å². The molecule has 66 valence electrons. The Bertz CT molecular complexity index is 365. The first-order valence-corrected chi connectivity index (χ1v) is 4.22. The Morgan fingerprint density at radius 2 is 2.46 bits per heavy atom. The van der Waals surface area contributed by atoms with Gasteiger partial charge in [0.2, 0.25) is 0 Å². The molecule has 3 heteroatoms. The Kier molecular flexibility index (Phi) is 1.84. The number of benzene rings is 1. The lowest BCUT2D eigenvalue weighted by molar-refractivity contribution is -0.630. The van der Waals surface area contributed by atoms with Gasteiger partial charge in [-0.15, -0.1) is 12.0 Å². The third-order valence-corrected chi connectivity index (χ3v) is 2.10. The minimum Gasteiger partial charge on any atom is -0.213 e. The van der Waals surface area contributed by atoms with E-state index in [1.54, 1.807) is 0 Å². The number of rotatable bonds is 1. The van der Waals surface area contributed by atoms with Crippen molar-refractivity contribution in [3.8, 4) is 12.3 Å². The zero-order valence-electron chi connectivity index (χ0n) is 7.54. The fourth-order valence-electron chi connectivity index (χ4n) is 1.45. The van der Waals surface area contributed by atoms with Crippen LogP contribution < -0.4 is 16.0 Å². The molecule has 1 aliphatic heterocycles. The average molecular weight is 174 g/mol. The first-order valence-electron chi connectivity index (χ1n) is 4.22. The molecule has 1 aromatic rings. The van der Waals surface area contributed by atoms with E-state index in [-0.39, 0.29) is 0 Å². The fourth-order valence-corrected chi connectivity index (χ4v) is 1.45. The molecule has 0 fully saturated rings. The summed E-state index contributed by atoms with van der Waals surface area (Å²) in [5.41, 5.74) is 8.61. The summed E-state index contributed by atoms with van der Waals surface area (Å²) in [6, 6.07) is 6.28. The fraction of sp³-hybridized carbons (Fsp3) is 0.200. The van der Waals surface area contributed by atoms with Crippen LogP contribution >= 0.6 is 0 Å². The highest BCUT2D eigenvalue weighted by Gasteiger charge is 2.20. The summed E-state index contributed by atoms with van der Waals surface area (Å²) in [6.45, 7) is 2.69. The number of hydrogen-bond donors (Lipinski definition) is 2. The van der Waals surface area contributed by atoms with Gasteiger partial charge in [0.1, 0.15) is 17.9 Å². The maximum atomic E-state index is 5.26. The third-order valence-electron chi connectivity index (χ3n) is 2.10. The van der Waals surface area contributed by atoms with Crippen LogP contribution in [-0.4, -0.2) is 6.54 Å². The van der Waals surface area contributed by atoms with Crippen molar-refractivity contribution in [2.45, 2.75) is 6.92 Å². The number of nitrogens with zero attached hydrogens (tertiary/aromatic N) is 1. The number of terminal acetylenes is 1. The molecule has 0 bridgehead atoms. The highest BCUT2D eigenvalue weighted by atomic mass is 15.7. The van der Waals surface area contributed by atoms with E-state index in [4.69, 9.17) is 6.42 Å². The Labute approximate surface area is 77.7 Å². The smallest absolute Gasteiger partial charge is 0.131 e. The van der Waals surface area contributed by atoms with E-state index in [0.29, 0.717) is 6.54 Å². The van der Waals surface area contributed by atoms with E-state index in [0.717, 1.165) is 11.4 Å². The molecule has 2 rings (SSSR count). The minimum atomic E-state index is 0.615. The summed E-state index contributed by atoms with van der Waals surface area (Å²) < 4.78 is 0. The molecule has 0 saturated heterocycles. The van der Waals surface area contributed by atoms with Crippen molar-refractivity contribution in [1.82, 2.24) is 0 Å². The first-order chi connectivity index (χ1) is 6.31. The van der Waals surface area contributed by atoms with Gasteiger partial charge in [0.05, 0.1) is 0 Å². The Hall–Kier alpha value is -1.66. The minimum absolute atomic E-state index is 0.615. The molecule has 3 nitrogen and oxygen atoms in total. The SMILES string of the molecule is C#CCN1[NH2+]Nc2ccc(C)cc21. The normalized spacial score (nSPS) is 13.4. The lowest BCUT2D eigenvalue weighted by Crippen LogP contribution is -2.95. The van der Waals surface area contributed by atoms with Gasteiger partial charge in [0.15, 0.2) is 0 Å². The summed E-state index contributed by atoms with van der Waals surface area (Å²) in [6.07, 6.45) is 5.26. The summed E-state index contributed by atoms with van der Waals surface area (Å²) >= 11 is 0. The Morgan fingerprint density at radius 1 is 1.62 bits per heavy atom. The molecule has 1 heterocycles. The maximum absolute atomic E-state index is 5.26. The van der Waals surface area contributed by atoms with Crippen molar-refractivity contribution < 1.29 is 5.53 Å². The molecule has 0 radical (unpaired) electrons. The van der Waals surface area contributed by atoms with Gasteiger partial charge in [-0.25, -0.2) is 5.43 Å². The predicted octanol–water partition coefficient (Wildman–Crippen LogP) is 0.254. The maximum Gasteiger partial charge on any atom is 0.131 e. The highest BCUT2D eigenvalue weighted by molar-refractivity contribution is 5.70. The molecular formula is C10H12N3+. The summed E-state index contributed by atoms with van der Waals surface area (Å²) in [5, 5.41) is 2.03. The van der Waals surface area contributed by atoms with Crippen LogP contribution in [0.5, 0.6) is 0 Å². The molecule has 0 saturated carbocycles. The number of anilines is 2.